The lowest BCUT2D eigenvalue weighted by molar-refractivity contribution is 0.0696. The number of aromatic nitrogens is 2. The Bertz CT molecular complexity index is 799. The van der Waals surface area contributed by atoms with Crippen molar-refractivity contribution in [2.75, 3.05) is 14.1 Å². The molecule has 0 aliphatic carbocycles. The zero-order chi connectivity index (χ0) is 15.8. The molecule has 1 N–H and O–H groups in total. The maximum atomic E-state index is 12.1. The van der Waals surface area contributed by atoms with Gasteiger partial charge in [0.25, 0.3) is 0 Å². The van der Waals surface area contributed by atoms with Gasteiger partial charge in [-0.2, -0.15) is 5.10 Å². The van der Waals surface area contributed by atoms with Gasteiger partial charge in [0.05, 0.1) is 26.8 Å². The van der Waals surface area contributed by atoms with Crippen molar-refractivity contribution in [2.45, 2.75) is 4.90 Å². The van der Waals surface area contributed by atoms with Crippen molar-refractivity contribution in [2.24, 2.45) is 0 Å². The van der Waals surface area contributed by atoms with E-state index in [4.69, 9.17) is 0 Å². The first kappa shape index (κ1) is 15.7. The molecule has 0 amide bonds. The molecule has 7 nitrogen and oxygen atoms in total. The van der Waals surface area contributed by atoms with E-state index in [9.17, 15) is 18.3 Å². The number of benzene rings is 1. The number of rotatable bonds is 4. The second kappa shape index (κ2) is 5.58. The fraction of sp³-hybridized carbons (Fsp3) is 0.167. The van der Waals surface area contributed by atoms with E-state index in [1.54, 1.807) is 6.20 Å². The molecule has 0 bridgehead atoms. The third-order valence-corrected chi connectivity index (χ3v) is 5.00. The summed E-state index contributed by atoms with van der Waals surface area (Å²) in [5, 5.41) is 13.3. The lowest BCUT2D eigenvalue weighted by Crippen LogP contribution is -2.22. The van der Waals surface area contributed by atoms with E-state index in [0.717, 1.165) is 10.4 Å². The van der Waals surface area contributed by atoms with Crippen LogP contribution in [-0.4, -0.2) is 47.7 Å². The third kappa shape index (κ3) is 2.99. The first-order valence-electron chi connectivity index (χ1n) is 5.74. The Kier molecular flexibility index (Phi) is 4.17. The van der Waals surface area contributed by atoms with Gasteiger partial charge in [0.1, 0.15) is 0 Å². The molecule has 0 radical (unpaired) electrons. The average Bonchev–Trinajstić information content (AvgIpc) is 2.84. The van der Waals surface area contributed by atoms with Crippen molar-refractivity contribution in [1.82, 2.24) is 14.1 Å². The Hall–Kier alpha value is -1.71. The van der Waals surface area contributed by atoms with Crippen LogP contribution >= 0.6 is 15.9 Å². The second-order valence-electron chi connectivity index (χ2n) is 4.37. The van der Waals surface area contributed by atoms with Gasteiger partial charge in [-0.25, -0.2) is 22.2 Å². The number of hydrogen-bond acceptors (Lipinski definition) is 4. The summed E-state index contributed by atoms with van der Waals surface area (Å²) in [7, 11) is -0.929. The van der Waals surface area contributed by atoms with Gasteiger partial charge >= 0.3 is 5.97 Å². The van der Waals surface area contributed by atoms with Gasteiger partial charge in [-0.05, 0) is 34.1 Å². The average molecular weight is 374 g/mol. The van der Waals surface area contributed by atoms with Gasteiger partial charge in [0.2, 0.25) is 10.0 Å². The maximum Gasteiger partial charge on any atom is 0.337 e. The standard InChI is InChI=1S/C12H12BrN3O4S/c1-15(2)21(19,20)9-3-4-11(10(5-9)12(17)18)16-7-8(13)6-14-16/h3-7H,1-2H3,(H,17,18). The van der Waals surface area contributed by atoms with Crippen molar-refractivity contribution in [3.05, 3.63) is 40.6 Å². The van der Waals surface area contributed by atoms with Crippen molar-refractivity contribution in [3.8, 4) is 5.69 Å². The Morgan fingerprint density at radius 1 is 1.38 bits per heavy atom. The molecule has 21 heavy (non-hydrogen) atoms. The lowest BCUT2D eigenvalue weighted by Gasteiger charge is -2.13. The van der Waals surface area contributed by atoms with Gasteiger partial charge in [0, 0.05) is 20.3 Å². The second-order valence-corrected chi connectivity index (χ2v) is 7.44. The topological polar surface area (TPSA) is 92.5 Å². The molecule has 0 aliphatic heterocycles. The number of hydrogen-bond donors (Lipinski definition) is 1. The van der Waals surface area contributed by atoms with Gasteiger partial charge in [-0.15, -0.1) is 0 Å². The highest BCUT2D eigenvalue weighted by Gasteiger charge is 2.21. The van der Waals surface area contributed by atoms with E-state index < -0.39 is 16.0 Å². The van der Waals surface area contributed by atoms with E-state index in [0.29, 0.717) is 4.47 Å². The number of nitrogens with zero attached hydrogens (tertiary/aromatic N) is 3. The number of carbonyl (C=O) groups is 1. The Morgan fingerprint density at radius 3 is 2.52 bits per heavy atom. The summed E-state index contributed by atoms with van der Waals surface area (Å²) in [4.78, 5) is 11.3. The molecule has 0 spiro atoms. The van der Waals surface area contributed by atoms with Crippen molar-refractivity contribution in [3.63, 3.8) is 0 Å². The number of aromatic carboxylic acids is 1. The first-order chi connectivity index (χ1) is 9.73. The van der Waals surface area contributed by atoms with Crippen LogP contribution in [0.2, 0.25) is 0 Å². The molecule has 1 aromatic carbocycles. The van der Waals surface area contributed by atoms with Crippen LogP contribution in [0.4, 0.5) is 0 Å². The largest absolute Gasteiger partial charge is 0.478 e. The van der Waals surface area contributed by atoms with Crippen LogP contribution in [0.25, 0.3) is 5.69 Å². The summed E-state index contributed by atoms with van der Waals surface area (Å²) >= 11 is 3.22. The Labute approximate surface area is 130 Å². The predicted molar refractivity (Wildman–Crippen MR) is 79.1 cm³/mol. The van der Waals surface area contributed by atoms with E-state index in [1.807, 2.05) is 0 Å². The lowest BCUT2D eigenvalue weighted by atomic mass is 10.2. The number of carboxylic acids is 1. The summed E-state index contributed by atoms with van der Waals surface area (Å²) in [5.74, 6) is -1.23. The van der Waals surface area contributed by atoms with Gasteiger partial charge in [-0.1, -0.05) is 0 Å². The van der Waals surface area contributed by atoms with E-state index in [2.05, 4.69) is 21.0 Å². The van der Waals surface area contributed by atoms with Gasteiger partial charge < -0.3 is 5.11 Å². The van der Waals surface area contributed by atoms with Gasteiger partial charge in [-0.3, -0.25) is 0 Å². The number of carboxylic acid groups (broad SMARTS) is 1. The maximum absolute atomic E-state index is 12.1. The molecular formula is C12H12BrN3O4S. The van der Waals surface area contributed by atoms with Gasteiger partial charge in [0.15, 0.2) is 0 Å². The van der Waals surface area contributed by atoms with E-state index in [-0.39, 0.29) is 16.1 Å². The molecule has 0 fully saturated rings. The van der Waals surface area contributed by atoms with Crippen molar-refractivity contribution >= 4 is 31.9 Å². The van der Waals surface area contributed by atoms with Crippen molar-refractivity contribution < 1.29 is 18.3 Å². The Morgan fingerprint density at radius 2 is 2.05 bits per heavy atom. The molecule has 0 unspecified atom stereocenters. The summed E-state index contributed by atoms with van der Waals surface area (Å²) < 4.78 is 27.2. The molecular weight excluding hydrogens is 362 g/mol. The summed E-state index contributed by atoms with van der Waals surface area (Å²) in [6.07, 6.45) is 3.10. The minimum atomic E-state index is -3.70. The SMILES string of the molecule is CN(C)S(=O)(=O)c1ccc(-n2cc(Br)cn2)c(C(=O)O)c1. The molecule has 0 saturated carbocycles. The zero-order valence-electron chi connectivity index (χ0n) is 11.2. The van der Waals surface area contributed by atoms with Crippen LogP contribution in [0.3, 0.4) is 0 Å². The fourth-order valence-electron chi connectivity index (χ4n) is 1.69. The van der Waals surface area contributed by atoms with Crippen LogP contribution in [0.5, 0.6) is 0 Å². The third-order valence-electron chi connectivity index (χ3n) is 2.77. The highest BCUT2D eigenvalue weighted by Crippen LogP contribution is 2.22. The molecule has 0 saturated heterocycles. The summed E-state index contributed by atoms with van der Waals surface area (Å²) in [6.45, 7) is 0. The zero-order valence-corrected chi connectivity index (χ0v) is 13.6. The van der Waals surface area contributed by atoms with E-state index >= 15 is 0 Å². The Balaban J connectivity index is 2.64. The number of sulfonamides is 1. The van der Waals surface area contributed by atoms with Crippen LogP contribution in [0.15, 0.2) is 40.0 Å². The fourth-order valence-corrected chi connectivity index (χ4v) is 2.90. The molecule has 2 rings (SSSR count). The monoisotopic (exact) mass is 373 g/mol. The highest BCUT2D eigenvalue weighted by atomic mass is 79.9. The minimum absolute atomic E-state index is 0.0835. The van der Waals surface area contributed by atoms with Crippen LogP contribution in [0.1, 0.15) is 10.4 Å². The first-order valence-corrected chi connectivity index (χ1v) is 7.97. The number of halogens is 1. The quantitative estimate of drug-likeness (QED) is 0.877. The molecule has 1 aromatic heterocycles. The van der Waals surface area contributed by atoms with Crippen LogP contribution in [-0.2, 0) is 10.0 Å². The highest BCUT2D eigenvalue weighted by molar-refractivity contribution is 9.10. The van der Waals surface area contributed by atoms with E-state index in [1.165, 1.54) is 37.1 Å². The normalized spacial score (nSPS) is 11.8. The molecule has 112 valence electrons. The summed E-state index contributed by atoms with van der Waals surface area (Å²) in [6, 6.07) is 3.90. The van der Waals surface area contributed by atoms with Crippen molar-refractivity contribution in [1.29, 1.82) is 0 Å². The molecule has 9 heteroatoms. The minimum Gasteiger partial charge on any atom is -0.478 e. The molecule has 1 heterocycles. The molecule has 0 atom stereocenters. The molecule has 0 aliphatic rings. The smallest absolute Gasteiger partial charge is 0.337 e. The van der Waals surface area contributed by atoms with Crippen LogP contribution in [0, 0.1) is 0 Å². The molecule has 2 aromatic rings. The predicted octanol–water partition coefficient (Wildman–Crippen LogP) is 1.58. The van der Waals surface area contributed by atoms with Crippen LogP contribution < -0.4 is 0 Å². The summed E-state index contributed by atoms with van der Waals surface area (Å²) in [5.41, 5.74) is 0.138.